The van der Waals surface area contributed by atoms with Crippen LogP contribution in [0.25, 0.3) is 0 Å². The minimum atomic E-state index is 0.160. The van der Waals surface area contributed by atoms with E-state index in [1.54, 1.807) is 7.11 Å². The Hall–Kier alpha value is -0.120. The molecule has 0 aromatic heterocycles. The maximum Gasteiger partial charge on any atom is 0.0928 e. The van der Waals surface area contributed by atoms with Crippen LogP contribution < -0.4 is 5.32 Å². The van der Waals surface area contributed by atoms with Crippen LogP contribution in [0.3, 0.4) is 0 Å². The summed E-state index contributed by atoms with van der Waals surface area (Å²) in [6.45, 7) is 10.2. The van der Waals surface area contributed by atoms with E-state index in [0.29, 0.717) is 18.8 Å². The van der Waals surface area contributed by atoms with Gasteiger partial charge in [-0.25, -0.2) is 0 Å². The SMILES string of the molecule is CCCC(C)OCC(CNC(C)CC)OC. The molecular weight excluding hydrogens is 202 g/mol. The van der Waals surface area contributed by atoms with Gasteiger partial charge in [0, 0.05) is 19.7 Å². The Morgan fingerprint density at radius 3 is 2.38 bits per heavy atom. The minimum absolute atomic E-state index is 0.160. The molecule has 3 atom stereocenters. The van der Waals surface area contributed by atoms with Crippen LogP contribution in [0.4, 0.5) is 0 Å². The van der Waals surface area contributed by atoms with Gasteiger partial charge in [-0.2, -0.15) is 0 Å². The van der Waals surface area contributed by atoms with Crippen LogP contribution in [0.15, 0.2) is 0 Å². The van der Waals surface area contributed by atoms with Gasteiger partial charge in [0.25, 0.3) is 0 Å². The van der Waals surface area contributed by atoms with Crippen molar-refractivity contribution in [1.29, 1.82) is 0 Å². The van der Waals surface area contributed by atoms with E-state index in [4.69, 9.17) is 9.47 Å². The first-order chi connectivity index (χ1) is 7.63. The Morgan fingerprint density at radius 1 is 1.19 bits per heavy atom. The van der Waals surface area contributed by atoms with Crippen LogP contribution in [0.1, 0.15) is 47.0 Å². The van der Waals surface area contributed by atoms with Crippen LogP contribution in [0, 0.1) is 0 Å². The van der Waals surface area contributed by atoms with Gasteiger partial charge < -0.3 is 14.8 Å². The molecule has 0 radical (unpaired) electrons. The molecule has 0 aliphatic heterocycles. The third kappa shape index (κ3) is 8.08. The molecule has 98 valence electrons. The number of ether oxygens (including phenoxy) is 2. The zero-order chi connectivity index (χ0) is 12.4. The van der Waals surface area contributed by atoms with E-state index >= 15 is 0 Å². The third-order valence-corrected chi connectivity index (χ3v) is 2.90. The topological polar surface area (TPSA) is 30.5 Å². The highest BCUT2D eigenvalue weighted by molar-refractivity contribution is 4.65. The van der Waals surface area contributed by atoms with Crippen molar-refractivity contribution in [1.82, 2.24) is 5.32 Å². The van der Waals surface area contributed by atoms with Crippen LogP contribution in [-0.2, 0) is 9.47 Å². The second-order valence-electron chi connectivity index (χ2n) is 4.51. The summed E-state index contributed by atoms with van der Waals surface area (Å²) in [7, 11) is 1.75. The zero-order valence-corrected chi connectivity index (χ0v) is 11.6. The summed E-state index contributed by atoms with van der Waals surface area (Å²) in [4.78, 5) is 0. The fourth-order valence-corrected chi connectivity index (χ4v) is 1.45. The van der Waals surface area contributed by atoms with Gasteiger partial charge in [0.1, 0.15) is 0 Å². The molecule has 3 unspecified atom stereocenters. The fraction of sp³-hybridized carbons (Fsp3) is 1.00. The molecule has 1 N–H and O–H groups in total. The van der Waals surface area contributed by atoms with Gasteiger partial charge in [0.2, 0.25) is 0 Å². The maximum atomic E-state index is 5.74. The van der Waals surface area contributed by atoms with Crippen molar-refractivity contribution in [2.45, 2.75) is 65.2 Å². The van der Waals surface area contributed by atoms with E-state index in [0.717, 1.165) is 19.4 Å². The van der Waals surface area contributed by atoms with E-state index in [2.05, 4.69) is 33.0 Å². The molecule has 0 aromatic carbocycles. The smallest absolute Gasteiger partial charge is 0.0928 e. The lowest BCUT2D eigenvalue weighted by Gasteiger charge is -2.21. The number of rotatable bonds is 10. The van der Waals surface area contributed by atoms with Gasteiger partial charge in [-0.15, -0.1) is 0 Å². The molecule has 0 aromatic rings. The van der Waals surface area contributed by atoms with Crippen LogP contribution in [0.2, 0.25) is 0 Å². The minimum Gasteiger partial charge on any atom is -0.378 e. The standard InChI is InChI=1S/C13H29NO2/c1-6-8-12(4)16-10-13(15-5)9-14-11(3)7-2/h11-14H,6-10H2,1-5H3. The summed E-state index contributed by atoms with van der Waals surface area (Å²) in [6.07, 6.45) is 3.93. The van der Waals surface area contributed by atoms with Gasteiger partial charge in [0.05, 0.1) is 18.8 Å². The molecule has 0 aliphatic carbocycles. The quantitative estimate of drug-likeness (QED) is 0.627. The average Bonchev–Trinajstić information content (AvgIpc) is 2.29. The molecule has 0 amide bonds. The maximum absolute atomic E-state index is 5.74. The predicted molar refractivity (Wildman–Crippen MR) is 68.9 cm³/mol. The lowest BCUT2D eigenvalue weighted by Crippen LogP contribution is -2.37. The van der Waals surface area contributed by atoms with Crippen molar-refractivity contribution in [3.63, 3.8) is 0 Å². The Kier molecular flexibility index (Phi) is 9.99. The number of hydrogen-bond donors (Lipinski definition) is 1. The van der Waals surface area contributed by atoms with Crippen LogP contribution >= 0.6 is 0 Å². The van der Waals surface area contributed by atoms with E-state index < -0.39 is 0 Å². The Labute approximate surface area is 101 Å². The normalized spacial score (nSPS) is 17.1. The van der Waals surface area contributed by atoms with Crippen molar-refractivity contribution < 1.29 is 9.47 Å². The molecule has 0 fully saturated rings. The Balaban J connectivity index is 3.66. The van der Waals surface area contributed by atoms with E-state index in [1.807, 2.05) is 0 Å². The van der Waals surface area contributed by atoms with Gasteiger partial charge in [-0.3, -0.25) is 0 Å². The molecule has 3 heteroatoms. The van der Waals surface area contributed by atoms with E-state index in [-0.39, 0.29) is 6.10 Å². The van der Waals surface area contributed by atoms with Crippen molar-refractivity contribution in [3.05, 3.63) is 0 Å². The fourth-order valence-electron chi connectivity index (χ4n) is 1.45. The molecule has 16 heavy (non-hydrogen) atoms. The number of hydrogen-bond acceptors (Lipinski definition) is 3. The average molecular weight is 231 g/mol. The summed E-state index contributed by atoms with van der Waals surface area (Å²) in [5, 5.41) is 3.43. The van der Waals surface area contributed by atoms with Crippen molar-refractivity contribution in [2.24, 2.45) is 0 Å². The van der Waals surface area contributed by atoms with E-state index in [1.165, 1.54) is 6.42 Å². The summed E-state index contributed by atoms with van der Waals surface area (Å²) >= 11 is 0. The van der Waals surface area contributed by atoms with E-state index in [9.17, 15) is 0 Å². The first kappa shape index (κ1) is 15.9. The van der Waals surface area contributed by atoms with Crippen molar-refractivity contribution in [3.8, 4) is 0 Å². The second-order valence-corrected chi connectivity index (χ2v) is 4.51. The highest BCUT2D eigenvalue weighted by Crippen LogP contribution is 2.02. The molecular formula is C13H29NO2. The molecule has 0 saturated carbocycles. The van der Waals surface area contributed by atoms with Gasteiger partial charge >= 0.3 is 0 Å². The highest BCUT2D eigenvalue weighted by Gasteiger charge is 2.10. The first-order valence-electron chi connectivity index (χ1n) is 6.51. The molecule has 0 rings (SSSR count). The summed E-state index contributed by atoms with van der Waals surface area (Å²) in [6, 6.07) is 0.547. The van der Waals surface area contributed by atoms with Crippen LogP contribution in [0.5, 0.6) is 0 Å². The molecule has 3 nitrogen and oxygen atoms in total. The number of nitrogens with one attached hydrogen (secondary N) is 1. The Bertz CT molecular complexity index is 153. The molecule has 0 saturated heterocycles. The first-order valence-corrected chi connectivity index (χ1v) is 6.51. The van der Waals surface area contributed by atoms with Gasteiger partial charge in [0.15, 0.2) is 0 Å². The third-order valence-electron chi connectivity index (χ3n) is 2.90. The molecule has 0 aliphatic rings. The lowest BCUT2D eigenvalue weighted by molar-refractivity contribution is -0.0235. The highest BCUT2D eigenvalue weighted by atomic mass is 16.5. The van der Waals surface area contributed by atoms with Crippen molar-refractivity contribution >= 4 is 0 Å². The lowest BCUT2D eigenvalue weighted by atomic mass is 10.2. The molecule has 0 heterocycles. The summed E-state index contributed by atoms with van der Waals surface area (Å²) in [5.74, 6) is 0. The van der Waals surface area contributed by atoms with Gasteiger partial charge in [-0.1, -0.05) is 20.3 Å². The summed E-state index contributed by atoms with van der Waals surface area (Å²) in [5.41, 5.74) is 0. The van der Waals surface area contributed by atoms with Crippen LogP contribution in [-0.4, -0.2) is 38.5 Å². The predicted octanol–water partition coefficient (Wildman–Crippen LogP) is 2.59. The molecule has 0 spiro atoms. The molecule has 0 bridgehead atoms. The number of methoxy groups -OCH3 is 1. The zero-order valence-electron chi connectivity index (χ0n) is 11.6. The second kappa shape index (κ2) is 10.1. The monoisotopic (exact) mass is 231 g/mol. The Morgan fingerprint density at radius 2 is 1.88 bits per heavy atom. The largest absolute Gasteiger partial charge is 0.378 e. The summed E-state index contributed by atoms with van der Waals surface area (Å²) < 4.78 is 11.1. The van der Waals surface area contributed by atoms with Gasteiger partial charge in [-0.05, 0) is 26.7 Å². The van der Waals surface area contributed by atoms with Crippen molar-refractivity contribution in [2.75, 3.05) is 20.3 Å².